The van der Waals surface area contributed by atoms with E-state index in [0.29, 0.717) is 11.7 Å². The minimum absolute atomic E-state index is 0.116. The normalized spacial score (nSPS) is 10.4. The summed E-state index contributed by atoms with van der Waals surface area (Å²) < 4.78 is 1.39. The summed E-state index contributed by atoms with van der Waals surface area (Å²) >= 11 is 5.67. The van der Waals surface area contributed by atoms with E-state index in [1.807, 2.05) is 13.0 Å². The van der Waals surface area contributed by atoms with E-state index >= 15 is 0 Å². The average molecular weight is 236 g/mol. The molecule has 0 aliphatic heterocycles. The molecule has 2 heterocycles. The van der Waals surface area contributed by atoms with Crippen LogP contribution in [0.5, 0.6) is 0 Å². The lowest BCUT2D eigenvalue weighted by molar-refractivity contribution is 0.634. The highest BCUT2D eigenvalue weighted by atomic mass is 35.5. The molecule has 0 N–H and O–H groups in total. The molecule has 0 aliphatic rings. The highest BCUT2D eigenvalue weighted by Crippen LogP contribution is 2.05. The number of nitrogens with zero attached hydrogens (tertiary/aromatic N) is 3. The highest BCUT2D eigenvalue weighted by Gasteiger charge is 2.00. The maximum absolute atomic E-state index is 11.6. The van der Waals surface area contributed by atoms with Crippen molar-refractivity contribution in [3.8, 4) is 0 Å². The predicted octanol–water partition coefficient (Wildman–Crippen LogP) is 1.65. The van der Waals surface area contributed by atoms with E-state index in [9.17, 15) is 4.79 Å². The smallest absolute Gasteiger partial charge is 0.267 e. The van der Waals surface area contributed by atoms with Gasteiger partial charge in [0.05, 0.1) is 12.7 Å². The summed E-state index contributed by atoms with van der Waals surface area (Å²) in [5.74, 6) is 0. The summed E-state index contributed by atoms with van der Waals surface area (Å²) in [6.45, 7) is 2.24. The van der Waals surface area contributed by atoms with E-state index in [2.05, 4.69) is 10.1 Å². The Hall–Kier alpha value is -1.68. The van der Waals surface area contributed by atoms with Crippen molar-refractivity contribution in [3.63, 3.8) is 0 Å². The third kappa shape index (κ3) is 2.46. The van der Waals surface area contributed by atoms with Gasteiger partial charge in [-0.3, -0.25) is 4.79 Å². The number of rotatable bonds is 2. The molecule has 0 saturated carbocycles. The molecule has 0 unspecified atom stereocenters. The largest absolute Gasteiger partial charge is 0.268 e. The van der Waals surface area contributed by atoms with E-state index < -0.39 is 0 Å². The molecule has 0 fully saturated rings. The number of aryl methyl sites for hydroxylation is 1. The lowest BCUT2D eigenvalue weighted by atomic mass is 10.3. The first-order valence-corrected chi connectivity index (χ1v) is 5.17. The van der Waals surface area contributed by atoms with Crippen LogP contribution in [-0.4, -0.2) is 14.8 Å². The topological polar surface area (TPSA) is 47.8 Å². The van der Waals surface area contributed by atoms with Gasteiger partial charge < -0.3 is 0 Å². The van der Waals surface area contributed by atoms with Crippen LogP contribution in [0.4, 0.5) is 0 Å². The van der Waals surface area contributed by atoms with Gasteiger partial charge in [-0.05, 0) is 24.1 Å². The molecule has 4 nitrogen and oxygen atoms in total. The number of aromatic nitrogens is 3. The van der Waals surface area contributed by atoms with Gasteiger partial charge in [0, 0.05) is 12.3 Å². The molecule has 0 atom stereocenters. The van der Waals surface area contributed by atoms with Crippen molar-refractivity contribution in [2.24, 2.45) is 0 Å². The van der Waals surface area contributed by atoms with Gasteiger partial charge in [-0.15, -0.1) is 0 Å². The van der Waals surface area contributed by atoms with Crippen molar-refractivity contribution in [1.82, 2.24) is 14.8 Å². The summed E-state index contributed by atoms with van der Waals surface area (Å²) in [7, 11) is 0. The van der Waals surface area contributed by atoms with E-state index in [1.165, 1.54) is 4.68 Å². The minimum atomic E-state index is -0.116. The number of halogens is 1. The van der Waals surface area contributed by atoms with E-state index in [0.717, 1.165) is 11.1 Å². The highest BCUT2D eigenvalue weighted by molar-refractivity contribution is 6.29. The third-order valence-corrected chi connectivity index (χ3v) is 2.35. The zero-order valence-corrected chi connectivity index (χ0v) is 9.48. The average Bonchev–Trinajstić information content (AvgIpc) is 2.25. The Kier molecular flexibility index (Phi) is 3.01. The molecule has 0 spiro atoms. The van der Waals surface area contributed by atoms with Gasteiger partial charge in [-0.25, -0.2) is 9.67 Å². The minimum Gasteiger partial charge on any atom is -0.268 e. The van der Waals surface area contributed by atoms with Crippen molar-refractivity contribution in [2.75, 3.05) is 0 Å². The summed E-state index contributed by atoms with van der Waals surface area (Å²) in [5.41, 5.74) is 1.63. The van der Waals surface area contributed by atoms with Crippen LogP contribution in [0.1, 0.15) is 11.1 Å². The second-order valence-corrected chi connectivity index (χ2v) is 3.91. The summed E-state index contributed by atoms with van der Waals surface area (Å²) in [6, 6.07) is 5.07. The molecule has 5 heteroatoms. The molecular weight excluding hydrogens is 226 g/mol. The number of pyridine rings is 1. The van der Waals surface area contributed by atoms with Crippen molar-refractivity contribution >= 4 is 11.6 Å². The Bertz CT molecular complexity index is 548. The molecule has 0 saturated heterocycles. The van der Waals surface area contributed by atoms with Crippen LogP contribution in [0.25, 0.3) is 0 Å². The molecular formula is C11H10ClN3O. The van der Waals surface area contributed by atoms with Crippen molar-refractivity contribution in [3.05, 3.63) is 57.2 Å². The summed E-state index contributed by atoms with van der Waals surface area (Å²) in [4.78, 5) is 15.5. The van der Waals surface area contributed by atoms with Crippen molar-refractivity contribution in [1.29, 1.82) is 0 Å². The third-order valence-electron chi connectivity index (χ3n) is 2.13. The lowest BCUT2D eigenvalue weighted by Gasteiger charge is -2.04. The maximum Gasteiger partial charge on any atom is 0.267 e. The van der Waals surface area contributed by atoms with Crippen LogP contribution >= 0.6 is 11.6 Å². The fourth-order valence-corrected chi connectivity index (χ4v) is 1.43. The first kappa shape index (κ1) is 10.8. The van der Waals surface area contributed by atoms with E-state index in [-0.39, 0.29) is 5.56 Å². The first-order valence-electron chi connectivity index (χ1n) is 4.79. The van der Waals surface area contributed by atoms with Gasteiger partial charge in [0.15, 0.2) is 0 Å². The van der Waals surface area contributed by atoms with Gasteiger partial charge in [0.1, 0.15) is 5.15 Å². The molecule has 0 radical (unpaired) electrons. The molecule has 2 aromatic rings. The Morgan fingerprint density at radius 3 is 2.81 bits per heavy atom. The maximum atomic E-state index is 11.6. The molecule has 0 amide bonds. The van der Waals surface area contributed by atoms with Crippen molar-refractivity contribution in [2.45, 2.75) is 13.5 Å². The van der Waals surface area contributed by atoms with E-state index in [4.69, 9.17) is 11.6 Å². The predicted molar refractivity (Wildman–Crippen MR) is 61.6 cm³/mol. The molecule has 0 aromatic carbocycles. The number of hydrogen-bond donors (Lipinski definition) is 0. The monoisotopic (exact) mass is 235 g/mol. The van der Waals surface area contributed by atoms with Gasteiger partial charge in [-0.2, -0.15) is 5.10 Å². The van der Waals surface area contributed by atoms with Gasteiger partial charge in [-0.1, -0.05) is 17.7 Å². The Morgan fingerprint density at radius 2 is 2.19 bits per heavy atom. The Balaban J connectivity index is 2.27. The fourth-order valence-electron chi connectivity index (χ4n) is 1.32. The fraction of sp³-hybridized carbons (Fsp3) is 0.182. The van der Waals surface area contributed by atoms with Crippen LogP contribution in [0.15, 0.2) is 35.4 Å². The quantitative estimate of drug-likeness (QED) is 0.744. The zero-order valence-electron chi connectivity index (χ0n) is 8.72. The molecule has 2 rings (SSSR count). The van der Waals surface area contributed by atoms with Gasteiger partial charge in [0.2, 0.25) is 0 Å². The van der Waals surface area contributed by atoms with Crippen LogP contribution in [0, 0.1) is 6.92 Å². The van der Waals surface area contributed by atoms with Crippen molar-refractivity contribution < 1.29 is 0 Å². The SMILES string of the molecule is Cc1cnn(Cc2ccc(Cl)nc2)c(=O)c1. The first-order chi connectivity index (χ1) is 7.65. The molecule has 16 heavy (non-hydrogen) atoms. The second kappa shape index (κ2) is 4.45. The van der Waals surface area contributed by atoms with Crippen LogP contribution in [0.3, 0.4) is 0 Å². The van der Waals surface area contributed by atoms with Crippen LogP contribution in [-0.2, 0) is 6.54 Å². The number of hydrogen-bond acceptors (Lipinski definition) is 3. The Labute approximate surface area is 97.5 Å². The van der Waals surface area contributed by atoms with Gasteiger partial charge in [0.25, 0.3) is 5.56 Å². The molecule has 2 aromatic heterocycles. The lowest BCUT2D eigenvalue weighted by Crippen LogP contribution is -2.22. The second-order valence-electron chi connectivity index (χ2n) is 3.52. The standard InChI is InChI=1S/C11H10ClN3O/c1-8-4-11(16)15(14-5-8)7-9-2-3-10(12)13-6-9/h2-6H,7H2,1H3. The zero-order chi connectivity index (χ0) is 11.5. The van der Waals surface area contributed by atoms with Crippen LogP contribution in [0.2, 0.25) is 5.15 Å². The summed E-state index contributed by atoms with van der Waals surface area (Å²) in [5, 5.41) is 4.48. The summed E-state index contributed by atoms with van der Waals surface area (Å²) in [6.07, 6.45) is 3.29. The van der Waals surface area contributed by atoms with E-state index in [1.54, 1.807) is 24.5 Å². The molecule has 0 bridgehead atoms. The van der Waals surface area contributed by atoms with Gasteiger partial charge >= 0.3 is 0 Å². The van der Waals surface area contributed by atoms with Crippen LogP contribution < -0.4 is 5.56 Å². The molecule has 0 aliphatic carbocycles. The Morgan fingerprint density at radius 1 is 1.38 bits per heavy atom. The molecule has 82 valence electrons.